The van der Waals surface area contributed by atoms with Gasteiger partial charge in [0, 0.05) is 25.6 Å². The van der Waals surface area contributed by atoms with E-state index in [0.29, 0.717) is 12.3 Å². The van der Waals surface area contributed by atoms with Gasteiger partial charge in [-0.25, -0.2) is 0 Å². The summed E-state index contributed by atoms with van der Waals surface area (Å²) in [5, 5.41) is 8.71. The first-order chi connectivity index (χ1) is 7.63. The fourth-order valence-electron chi connectivity index (χ4n) is 2.69. The molecule has 1 fully saturated rings. The van der Waals surface area contributed by atoms with Crippen LogP contribution in [-0.4, -0.2) is 24.0 Å². The number of hydrogen-bond donors (Lipinski definition) is 0. The number of hydrogen-bond acceptors (Lipinski definition) is 2. The van der Waals surface area contributed by atoms with Crippen LogP contribution in [0.4, 0.5) is 0 Å². The van der Waals surface area contributed by atoms with E-state index in [4.69, 9.17) is 5.26 Å². The third-order valence-electron chi connectivity index (χ3n) is 3.61. The van der Waals surface area contributed by atoms with Crippen LogP contribution in [0.15, 0.2) is 0 Å². The normalized spacial score (nSPS) is 26.0. The van der Waals surface area contributed by atoms with Crippen molar-refractivity contribution < 1.29 is 0 Å². The van der Waals surface area contributed by atoms with Gasteiger partial charge in [-0.3, -0.25) is 4.90 Å². The van der Waals surface area contributed by atoms with Gasteiger partial charge in [-0.2, -0.15) is 5.26 Å². The largest absolute Gasteiger partial charge is 0.299 e. The Morgan fingerprint density at radius 1 is 1.25 bits per heavy atom. The van der Waals surface area contributed by atoms with Gasteiger partial charge >= 0.3 is 0 Å². The Bertz CT molecular complexity index is 221. The minimum atomic E-state index is 0.679. The van der Waals surface area contributed by atoms with Crippen molar-refractivity contribution in [2.75, 3.05) is 13.1 Å². The molecule has 0 N–H and O–H groups in total. The summed E-state index contributed by atoms with van der Waals surface area (Å²) in [6.45, 7) is 9.02. The lowest BCUT2D eigenvalue weighted by Crippen LogP contribution is -2.40. The maximum atomic E-state index is 8.71. The first-order valence-electron chi connectivity index (χ1n) is 6.74. The Morgan fingerprint density at radius 2 is 1.88 bits per heavy atom. The van der Waals surface area contributed by atoms with Crippen molar-refractivity contribution in [2.24, 2.45) is 11.8 Å². The van der Waals surface area contributed by atoms with Crippen LogP contribution in [0, 0.1) is 23.2 Å². The van der Waals surface area contributed by atoms with Gasteiger partial charge in [0.15, 0.2) is 0 Å². The molecule has 0 heterocycles. The lowest BCUT2D eigenvalue weighted by atomic mass is 9.86. The summed E-state index contributed by atoms with van der Waals surface area (Å²) in [5.41, 5.74) is 0. The Balaban J connectivity index is 2.44. The highest BCUT2D eigenvalue weighted by atomic mass is 15.2. The molecule has 16 heavy (non-hydrogen) atoms. The predicted octanol–water partition coefficient (Wildman–Crippen LogP) is 3.44. The van der Waals surface area contributed by atoms with Gasteiger partial charge in [-0.05, 0) is 37.5 Å². The van der Waals surface area contributed by atoms with Gasteiger partial charge in [-0.1, -0.05) is 20.8 Å². The van der Waals surface area contributed by atoms with Crippen LogP contribution in [0.1, 0.15) is 52.9 Å². The molecule has 0 bridgehead atoms. The number of rotatable bonds is 5. The second kappa shape index (κ2) is 6.91. The third-order valence-corrected chi connectivity index (χ3v) is 3.61. The zero-order valence-corrected chi connectivity index (χ0v) is 11.1. The molecular weight excluding hydrogens is 196 g/mol. The second-order valence-corrected chi connectivity index (χ2v) is 5.71. The molecule has 0 radical (unpaired) electrons. The molecule has 0 aromatic rings. The average Bonchev–Trinajstić information content (AvgIpc) is 2.25. The fourth-order valence-corrected chi connectivity index (χ4v) is 2.69. The predicted molar refractivity (Wildman–Crippen MR) is 68.1 cm³/mol. The first kappa shape index (κ1) is 13.5. The van der Waals surface area contributed by atoms with Gasteiger partial charge in [0.25, 0.3) is 0 Å². The topological polar surface area (TPSA) is 27.0 Å². The van der Waals surface area contributed by atoms with Crippen molar-refractivity contribution in [1.29, 1.82) is 5.26 Å². The van der Waals surface area contributed by atoms with E-state index in [2.05, 4.69) is 31.7 Å². The Kier molecular flexibility index (Phi) is 5.84. The number of nitrogens with zero attached hydrogens (tertiary/aromatic N) is 2. The Hall–Kier alpha value is -0.550. The minimum absolute atomic E-state index is 0.679. The van der Waals surface area contributed by atoms with Crippen molar-refractivity contribution in [3.8, 4) is 6.07 Å². The molecule has 0 spiro atoms. The van der Waals surface area contributed by atoms with E-state index in [-0.39, 0.29) is 0 Å². The van der Waals surface area contributed by atoms with Crippen molar-refractivity contribution >= 4 is 0 Å². The van der Waals surface area contributed by atoms with Crippen LogP contribution < -0.4 is 0 Å². The van der Waals surface area contributed by atoms with Crippen LogP contribution in [0.5, 0.6) is 0 Å². The van der Waals surface area contributed by atoms with E-state index < -0.39 is 0 Å². The lowest BCUT2D eigenvalue weighted by Gasteiger charge is -2.36. The summed E-state index contributed by atoms with van der Waals surface area (Å²) >= 11 is 0. The van der Waals surface area contributed by atoms with Crippen molar-refractivity contribution in [2.45, 2.75) is 58.9 Å². The molecule has 2 nitrogen and oxygen atoms in total. The van der Waals surface area contributed by atoms with E-state index in [0.717, 1.165) is 25.0 Å². The second-order valence-electron chi connectivity index (χ2n) is 5.71. The summed E-state index contributed by atoms with van der Waals surface area (Å²) in [7, 11) is 0. The standard InChI is InChI=1S/C14H26N2/c1-12(2)11-16(10-4-9-15)14-7-5-13(3)6-8-14/h12-14H,4-8,10-11H2,1-3H3. The molecule has 2 heteroatoms. The van der Waals surface area contributed by atoms with Crippen LogP contribution >= 0.6 is 0 Å². The molecule has 1 aliphatic carbocycles. The molecule has 0 atom stereocenters. The van der Waals surface area contributed by atoms with Crippen LogP contribution in [0.2, 0.25) is 0 Å². The molecule has 0 aromatic heterocycles. The first-order valence-corrected chi connectivity index (χ1v) is 6.74. The van der Waals surface area contributed by atoms with Gasteiger partial charge in [-0.15, -0.1) is 0 Å². The highest BCUT2D eigenvalue weighted by Crippen LogP contribution is 2.27. The van der Waals surface area contributed by atoms with Crippen LogP contribution in [0.25, 0.3) is 0 Å². The summed E-state index contributed by atoms with van der Waals surface area (Å²) < 4.78 is 0. The Morgan fingerprint density at radius 3 is 2.38 bits per heavy atom. The summed E-state index contributed by atoms with van der Waals surface area (Å²) in [5.74, 6) is 1.62. The zero-order chi connectivity index (χ0) is 12.0. The van der Waals surface area contributed by atoms with E-state index >= 15 is 0 Å². The van der Waals surface area contributed by atoms with Crippen molar-refractivity contribution in [1.82, 2.24) is 4.90 Å². The minimum Gasteiger partial charge on any atom is -0.299 e. The maximum absolute atomic E-state index is 8.71. The highest BCUT2D eigenvalue weighted by Gasteiger charge is 2.23. The Labute approximate surface area is 101 Å². The van der Waals surface area contributed by atoms with E-state index in [1.165, 1.54) is 25.7 Å². The van der Waals surface area contributed by atoms with Gasteiger partial charge in [0.05, 0.1) is 6.07 Å². The summed E-state index contributed by atoms with van der Waals surface area (Å²) in [4.78, 5) is 2.56. The zero-order valence-electron chi connectivity index (χ0n) is 11.1. The molecule has 0 saturated heterocycles. The molecule has 0 unspecified atom stereocenters. The monoisotopic (exact) mass is 222 g/mol. The number of nitriles is 1. The molecule has 92 valence electrons. The van der Waals surface area contributed by atoms with E-state index in [9.17, 15) is 0 Å². The van der Waals surface area contributed by atoms with Crippen LogP contribution in [0.3, 0.4) is 0 Å². The third kappa shape index (κ3) is 4.53. The van der Waals surface area contributed by atoms with Crippen molar-refractivity contribution in [3.63, 3.8) is 0 Å². The van der Waals surface area contributed by atoms with E-state index in [1.54, 1.807) is 0 Å². The van der Waals surface area contributed by atoms with Crippen molar-refractivity contribution in [3.05, 3.63) is 0 Å². The quantitative estimate of drug-likeness (QED) is 0.712. The molecule has 0 aromatic carbocycles. The van der Waals surface area contributed by atoms with Gasteiger partial charge in [0.1, 0.15) is 0 Å². The SMILES string of the molecule is CC(C)CN(CCC#N)C1CCC(C)CC1. The lowest BCUT2D eigenvalue weighted by molar-refractivity contribution is 0.128. The molecule has 1 rings (SSSR count). The fraction of sp³-hybridized carbons (Fsp3) is 0.929. The molecular formula is C14H26N2. The maximum Gasteiger partial charge on any atom is 0.0635 e. The highest BCUT2D eigenvalue weighted by molar-refractivity contribution is 4.81. The average molecular weight is 222 g/mol. The van der Waals surface area contributed by atoms with E-state index in [1.807, 2.05) is 0 Å². The summed E-state index contributed by atoms with van der Waals surface area (Å²) in [6.07, 6.45) is 6.08. The van der Waals surface area contributed by atoms with Gasteiger partial charge < -0.3 is 0 Å². The smallest absolute Gasteiger partial charge is 0.0635 e. The summed E-state index contributed by atoms with van der Waals surface area (Å²) in [6, 6.07) is 3.02. The molecule has 1 saturated carbocycles. The molecule has 0 aliphatic heterocycles. The molecule has 0 amide bonds. The molecule has 1 aliphatic rings. The van der Waals surface area contributed by atoms with Crippen LogP contribution in [-0.2, 0) is 0 Å². The van der Waals surface area contributed by atoms with Gasteiger partial charge in [0.2, 0.25) is 0 Å².